The molecule has 3 rings (SSSR count). The van der Waals surface area contributed by atoms with Crippen molar-refractivity contribution in [2.75, 3.05) is 16.8 Å². The molecule has 0 radical (unpaired) electrons. The molecule has 0 aliphatic carbocycles. The highest BCUT2D eigenvalue weighted by Gasteiger charge is 2.12. The lowest BCUT2D eigenvalue weighted by Gasteiger charge is -2.23. The Kier molecular flexibility index (Phi) is 5.29. The van der Waals surface area contributed by atoms with Gasteiger partial charge in [0.15, 0.2) is 0 Å². The van der Waals surface area contributed by atoms with Gasteiger partial charge in [-0.1, -0.05) is 42.5 Å². The topological polar surface area (TPSA) is 41.1 Å². The molecule has 0 bridgehead atoms. The van der Waals surface area contributed by atoms with Crippen LogP contribution in [0.1, 0.15) is 31.0 Å². The summed E-state index contributed by atoms with van der Waals surface area (Å²) in [5, 5.41) is 3.39. The van der Waals surface area contributed by atoms with E-state index in [-0.39, 0.29) is 6.04 Å². The summed E-state index contributed by atoms with van der Waals surface area (Å²) in [4.78, 5) is 11.3. The lowest BCUT2D eigenvalue weighted by atomic mass is 10.1. The molecule has 1 unspecified atom stereocenters. The van der Waals surface area contributed by atoms with Crippen molar-refractivity contribution in [2.45, 2.75) is 26.8 Å². The molecule has 0 fully saturated rings. The molecule has 2 aromatic carbocycles. The summed E-state index contributed by atoms with van der Waals surface area (Å²) in [6, 6.07) is 20.9. The normalized spacial score (nSPS) is 11.8. The van der Waals surface area contributed by atoms with Gasteiger partial charge in [0.1, 0.15) is 5.82 Å². The van der Waals surface area contributed by atoms with Crippen LogP contribution in [0.5, 0.6) is 0 Å². The van der Waals surface area contributed by atoms with E-state index in [1.807, 2.05) is 24.3 Å². The average Bonchev–Trinajstić information content (AvgIpc) is 2.63. The molecular weight excluding hydrogens is 308 g/mol. The summed E-state index contributed by atoms with van der Waals surface area (Å²) in [6.45, 7) is 7.19. The highest BCUT2D eigenvalue weighted by atomic mass is 15.2. The van der Waals surface area contributed by atoms with Gasteiger partial charge >= 0.3 is 0 Å². The average molecular weight is 332 g/mol. The molecular formula is C21H24N4. The Hall–Kier alpha value is -2.88. The van der Waals surface area contributed by atoms with E-state index in [2.05, 4.69) is 72.4 Å². The van der Waals surface area contributed by atoms with Crippen LogP contribution in [0.15, 0.2) is 66.9 Å². The molecule has 128 valence electrons. The second-order valence-electron chi connectivity index (χ2n) is 6.10. The smallest absolute Gasteiger partial charge is 0.225 e. The molecule has 3 aromatic rings. The van der Waals surface area contributed by atoms with Crippen molar-refractivity contribution in [3.05, 3.63) is 78.0 Å². The second kappa shape index (κ2) is 7.79. The molecule has 0 aliphatic heterocycles. The van der Waals surface area contributed by atoms with Gasteiger partial charge in [-0.25, -0.2) is 4.98 Å². The van der Waals surface area contributed by atoms with Crippen LogP contribution in [0.25, 0.3) is 0 Å². The predicted octanol–water partition coefficient (Wildman–Crippen LogP) is 5.12. The third-order valence-corrected chi connectivity index (χ3v) is 4.19. The lowest BCUT2D eigenvalue weighted by Crippen LogP contribution is -2.18. The maximum absolute atomic E-state index is 4.72. The number of aryl methyl sites for hydroxylation is 1. The molecule has 1 heterocycles. The quantitative estimate of drug-likeness (QED) is 0.680. The van der Waals surface area contributed by atoms with Gasteiger partial charge in [-0.3, -0.25) is 0 Å². The summed E-state index contributed by atoms with van der Waals surface area (Å²) >= 11 is 0. The number of rotatable bonds is 6. The minimum atomic E-state index is 0.144. The number of anilines is 3. The Labute approximate surface area is 149 Å². The summed E-state index contributed by atoms with van der Waals surface area (Å²) in [5.41, 5.74) is 3.59. The Balaban J connectivity index is 1.83. The van der Waals surface area contributed by atoms with Gasteiger partial charge in [0.25, 0.3) is 0 Å². The van der Waals surface area contributed by atoms with Crippen LogP contribution in [-0.2, 0) is 0 Å². The van der Waals surface area contributed by atoms with Crippen LogP contribution < -0.4 is 10.2 Å². The molecule has 1 N–H and O–H groups in total. The first kappa shape index (κ1) is 17.0. The van der Waals surface area contributed by atoms with Gasteiger partial charge in [-0.05, 0) is 50.1 Å². The number of nitrogens with zero attached hydrogens (tertiary/aromatic N) is 3. The van der Waals surface area contributed by atoms with Crippen LogP contribution >= 0.6 is 0 Å². The maximum Gasteiger partial charge on any atom is 0.225 e. The maximum atomic E-state index is 4.72. The van der Waals surface area contributed by atoms with Crippen molar-refractivity contribution in [3.63, 3.8) is 0 Å². The van der Waals surface area contributed by atoms with Crippen molar-refractivity contribution >= 4 is 17.5 Å². The fraction of sp³-hybridized carbons (Fsp3) is 0.238. The van der Waals surface area contributed by atoms with Crippen LogP contribution in [-0.4, -0.2) is 16.5 Å². The van der Waals surface area contributed by atoms with Crippen molar-refractivity contribution in [1.82, 2.24) is 9.97 Å². The largest absolute Gasteiger partial charge is 0.348 e. The second-order valence-corrected chi connectivity index (χ2v) is 6.10. The van der Waals surface area contributed by atoms with Crippen LogP contribution in [0.3, 0.4) is 0 Å². The fourth-order valence-corrected chi connectivity index (χ4v) is 2.86. The zero-order valence-corrected chi connectivity index (χ0v) is 15.0. The van der Waals surface area contributed by atoms with Gasteiger partial charge in [0.2, 0.25) is 5.95 Å². The van der Waals surface area contributed by atoms with Gasteiger partial charge in [0, 0.05) is 18.4 Å². The van der Waals surface area contributed by atoms with Crippen molar-refractivity contribution in [2.24, 2.45) is 0 Å². The molecule has 0 aliphatic rings. The van der Waals surface area contributed by atoms with E-state index < -0.39 is 0 Å². The number of nitrogens with one attached hydrogen (secondary N) is 1. The summed E-state index contributed by atoms with van der Waals surface area (Å²) in [7, 11) is 0. The van der Waals surface area contributed by atoms with Crippen molar-refractivity contribution in [3.8, 4) is 0 Å². The molecule has 1 atom stereocenters. The SMILES string of the molecule is CCN(c1cccc(C)c1)c1ccnc(NC(C)c2ccccc2)n1. The van der Waals surface area contributed by atoms with Crippen molar-refractivity contribution < 1.29 is 0 Å². The molecule has 4 nitrogen and oxygen atoms in total. The fourth-order valence-electron chi connectivity index (χ4n) is 2.86. The van der Waals surface area contributed by atoms with Gasteiger partial charge in [0.05, 0.1) is 6.04 Å². The zero-order chi connectivity index (χ0) is 17.6. The van der Waals surface area contributed by atoms with E-state index in [1.54, 1.807) is 6.20 Å². The molecule has 0 saturated carbocycles. The molecule has 4 heteroatoms. The van der Waals surface area contributed by atoms with E-state index in [0.717, 1.165) is 18.1 Å². The Bertz CT molecular complexity index is 817. The monoisotopic (exact) mass is 332 g/mol. The van der Waals surface area contributed by atoms with E-state index in [4.69, 9.17) is 4.98 Å². The van der Waals surface area contributed by atoms with Crippen LogP contribution in [0.2, 0.25) is 0 Å². The summed E-state index contributed by atoms with van der Waals surface area (Å²) < 4.78 is 0. The third-order valence-electron chi connectivity index (χ3n) is 4.19. The van der Waals surface area contributed by atoms with E-state index >= 15 is 0 Å². The zero-order valence-electron chi connectivity index (χ0n) is 15.0. The molecule has 1 aromatic heterocycles. The molecule has 0 spiro atoms. The predicted molar refractivity (Wildman–Crippen MR) is 104 cm³/mol. The van der Waals surface area contributed by atoms with Crippen LogP contribution in [0, 0.1) is 6.92 Å². The molecule has 25 heavy (non-hydrogen) atoms. The van der Waals surface area contributed by atoms with Gasteiger partial charge in [-0.2, -0.15) is 4.98 Å². The summed E-state index contributed by atoms with van der Waals surface area (Å²) in [5.74, 6) is 1.53. The van der Waals surface area contributed by atoms with E-state index in [1.165, 1.54) is 11.1 Å². The standard InChI is InChI=1S/C21H24N4/c1-4-25(19-12-8-9-16(2)15-19)20-13-14-22-21(24-20)23-17(3)18-10-6-5-7-11-18/h5-15,17H,4H2,1-3H3,(H,22,23,24). The first-order valence-electron chi connectivity index (χ1n) is 8.66. The summed E-state index contributed by atoms with van der Waals surface area (Å²) in [6.07, 6.45) is 1.81. The minimum Gasteiger partial charge on any atom is -0.348 e. The Morgan fingerprint density at radius 1 is 1.04 bits per heavy atom. The highest BCUT2D eigenvalue weighted by molar-refractivity contribution is 5.61. The van der Waals surface area contributed by atoms with Gasteiger partial charge in [-0.15, -0.1) is 0 Å². The third kappa shape index (κ3) is 4.15. The number of aromatic nitrogens is 2. The minimum absolute atomic E-state index is 0.144. The molecule has 0 amide bonds. The Morgan fingerprint density at radius 2 is 1.84 bits per heavy atom. The number of hydrogen-bond donors (Lipinski definition) is 1. The highest BCUT2D eigenvalue weighted by Crippen LogP contribution is 2.25. The Morgan fingerprint density at radius 3 is 2.56 bits per heavy atom. The van der Waals surface area contributed by atoms with Crippen LogP contribution in [0.4, 0.5) is 17.5 Å². The number of benzene rings is 2. The van der Waals surface area contributed by atoms with E-state index in [9.17, 15) is 0 Å². The molecule has 0 saturated heterocycles. The van der Waals surface area contributed by atoms with Crippen molar-refractivity contribution in [1.29, 1.82) is 0 Å². The first-order valence-corrected chi connectivity index (χ1v) is 8.66. The number of hydrogen-bond acceptors (Lipinski definition) is 4. The lowest BCUT2D eigenvalue weighted by molar-refractivity contribution is 0.856. The van der Waals surface area contributed by atoms with E-state index in [0.29, 0.717) is 5.95 Å². The van der Waals surface area contributed by atoms with Gasteiger partial charge < -0.3 is 10.2 Å². The first-order chi connectivity index (χ1) is 12.2.